The highest BCUT2D eigenvalue weighted by Crippen LogP contribution is 2.45. The fraction of sp³-hybridized carbons (Fsp3) is 0.531. The fourth-order valence-corrected chi connectivity index (χ4v) is 5.44. The largest absolute Gasteiger partial charge is 0.497 e. The van der Waals surface area contributed by atoms with Gasteiger partial charge in [0.2, 0.25) is 17.7 Å². The monoisotopic (exact) mass is 610 g/mol. The van der Waals surface area contributed by atoms with Gasteiger partial charge >= 0.3 is 12.1 Å². The summed E-state index contributed by atoms with van der Waals surface area (Å²) in [5.74, 6) is -1.77. The van der Waals surface area contributed by atoms with E-state index < -0.39 is 64.5 Å². The molecule has 0 radical (unpaired) electrons. The number of pyridine rings is 1. The lowest BCUT2D eigenvalue weighted by molar-refractivity contribution is -0.146. The molecule has 1 unspecified atom stereocenters. The lowest BCUT2D eigenvalue weighted by atomic mass is 9.85. The van der Waals surface area contributed by atoms with Gasteiger partial charge in [0.05, 0.1) is 13.7 Å². The standard InChI is InChI=1S/C32H42N4O8/c1-9-19-16-32(19,28(39)40)35-25(37)23-15-21(43-26-22-11-10-20(42-8)14-18(22)12-13-33-26)17-36(23)27(38)24(30(2,3)4)34-29(41)44-31(5,6)7/h9-14,19,21,23-24H,1,15-17H2,2-8H3,(H,34,41)(H,35,37)(H,39,40)/t19-,21?,23+,24-,32-/m1/s1. The van der Waals surface area contributed by atoms with E-state index in [9.17, 15) is 24.3 Å². The van der Waals surface area contributed by atoms with Crippen molar-refractivity contribution in [3.8, 4) is 11.6 Å². The maximum atomic E-state index is 14.2. The number of carboxylic acids is 1. The molecule has 12 heteroatoms. The van der Waals surface area contributed by atoms with E-state index in [1.54, 1.807) is 60.9 Å². The minimum atomic E-state index is -1.49. The number of benzene rings is 1. The summed E-state index contributed by atoms with van der Waals surface area (Å²) in [6.07, 6.45) is 1.94. The molecule has 2 aliphatic rings. The van der Waals surface area contributed by atoms with E-state index in [4.69, 9.17) is 14.2 Å². The Hall–Kier alpha value is -4.35. The molecular weight excluding hydrogens is 568 g/mol. The molecule has 0 bridgehead atoms. The van der Waals surface area contributed by atoms with Gasteiger partial charge in [-0.05, 0) is 62.3 Å². The van der Waals surface area contributed by atoms with Gasteiger partial charge in [0, 0.05) is 23.9 Å². The van der Waals surface area contributed by atoms with Crippen molar-refractivity contribution in [2.24, 2.45) is 11.3 Å². The number of alkyl carbamates (subject to hydrolysis) is 1. The number of hydrogen-bond acceptors (Lipinski definition) is 8. The smallest absolute Gasteiger partial charge is 0.408 e. The van der Waals surface area contributed by atoms with Crippen molar-refractivity contribution in [2.75, 3.05) is 13.7 Å². The number of aliphatic carboxylic acids is 1. The first-order valence-corrected chi connectivity index (χ1v) is 14.6. The number of hydrogen-bond donors (Lipinski definition) is 3. The van der Waals surface area contributed by atoms with Crippen molar-refractivity contribution in [3.05, 3.63) is 43.1 Å². The first-order valence-electron chi connectivity index (χ1n) is 14.6. The number of carboxylic acid groups (broad SMARTS) is 1. The number of carbonyl (C=O) groups is 4. The minimum Gasteiger partial charge on any atom is -0.497 e. The molecule has 238 valence electrons. The molecule has 0 spiro atoms. The lowest BCUT2D eigenvalue weighted by Crippen LogP contribution is -2.59. The normalized spacial score (nSPS) is 23.8. The third-order valence-electron chi connectivity index (χ3n) is 7.86. The van der Waals surface area contributed by atoms with E-state index in [1.807, 2.05) is 18.2 Å². The maximum Gasteiger partial charge on any atom is 0.408 e. The number of methoxy groups -OCH3 is 1. The highest BCUT2D eigenvalue weighted by molar-refractivity contribution is 5.96. The molecule has 1 aromatic heterocycles. The number of likely N-dealkylation sites (tertiary alicyclic amines) is 1. The average molecular weight is 611 g/mol. The second-order valence-corrected chi connectivity index (χ2v) is 13.4. The summed E-state index contributed by atoms with van der Waals surface area (Å²) in [4.78, 5) is 58.6. The minimum absolute atomic E-state index is 0.00131. The predicted molar refractivity (Wildman–Crippen MR) is 162 cm³/mol. The van der Waals surface area contributed by atoms with Crippen LogP contribution in [0.1, 0.15) is 54.4 Å². The summed E-state index contributed by atoms with van der Waals surface area (Å²) >= 11 is 0. The van der Waals surface area contributed by atoms with Crippen LogP contribution in [0.2, 0.25) is 0 Å². The second kappa shape index (κ2) is 12.0. The molecule has 1 aromatic carbocycles. The van der Waals surface area contributed by atoms with Crippen LogP contribution < -0.4 is 20.1 Å². The summed E-state index contributed by atoms with van der Waals surface area (Å²) in [5.41, 5.74) is -3.05. The molecule has 4 rings (SSSR count). The summed E-state index contributed by atoms with van der Waals surface area (Å²) in [5, 5.41) is 16.8. The highest BCUT2D eigenvalue weighted by atomic mass is 16.6. The van der Waals surface area contributed by atoms with Gasteiger partial charge in [0.1, 0.15) is 35.1 Å². The molecule has 3 amide bonds. The van der Waals surface area contributed by atoms with Crippen LogP contribution in [0, 0.1) is 11.3 Å². The first kappa shape index (κ1) is 32.6. The van der Waals surface area contributed by atoms with Crippen LogP contribution in [-0.2, 0) is 19.1 Å². The van der Waals surface area contributed by atoms with Gasteiger partial charge in [-0.2, -0.15) is 0 Å². The van der Waals surface area contributed by atoms with Gasteiger partial charge in [-0.1, -0.05) is 26.8 Å². The highest BCUT2D eigenvalue weighted by Gasteiger charge is 2.61. The molecular formula is C32H42N4O8. The predicted octanol–water partition coefficient (Wildman–Crippen LogP) is 3.68. The number of rotatable bonds is 9. The number of aromatic nitrogens is 1. The number of carbonyl (C=O) groups excluding carboxylic acids is 3. The van der Waals surface area contributed by atoms with E-state index in [2.05, 4.69) is 22.2 Å². The van der Waals surface area contributed by atoms with Gasteiger partial charge < -0.3 is 34.9 Å². The van der Waals surface area contributed by atoms with Gasteiger partial charge in [-0.3, -0.25) is 9.59 Å². The molecule has 1 saturated carbocycles. The topological polar surface area (TPSA) is 156 Å². The quantitative estimate of drug-likeness (QED) is 0.361. The Bertz CT molecular complexity index is 1460. The zero-order valence-electron chi connectivity index (χ0n) is 26.3. The van der Waals surface area contributed by atoms with Crippen LogP contribution in [0.15, 0.2) is 43.1 Å². The third kappa shape index (κ3) is 6.89. The molecule has 2 heterocycles. The Morgan fingerprint density at radius 2 is 1.86 bits per heavy atom. The SMILES string of the molecule is C=C[C@@H]1C[C@]1(NC(=O)[C@@H]1CC(Oc2nccc3cc(OC)ccc23)CN1C(=O)[C@@H](NC(=O)OC(C)(C)C)C(C)(C)C)C(=O)O. The van der Waals surface area contributed by atoms with E-state index >= 15 is 0 Å². The van der Waals surface area contributed by atoms with Crippen LogP contribution in [0.3, 0.4) is 0 Å². The van der Waals surface area contributed by atoms with E-state index in [0.29, 0.717) is 11.6 Å². The molecule has 1 aliphatic carbocycles. The molecule has 2 aromatic rings. The van der Waals surface area contributed by atoms with E-state index in [1.165, 1.54) is 11.0 Å². The molecule has 12 nitrogen and oxygen atoms in total. The van der Waals surface area contributed by atoms with Crippen molar-refractivity contribution >= 4 is 34.6 Å². The van der Waals surface area contributed by atoms with Crippen LogP contribution in [0.5, 0.6) is 11.6 Å². The number of nitrogens with zero attached hydrogens (tertiary/aromatic N) is 2. The van der Waals surface area contributed by atoms with Gasteiger partial charge in [-0.15, -0.1) is 6.58 Å². The summed E-state index contributed by atoms with van der Waals surface area (Å²) in [7, 11) is 1.57. The number of ether oxygens (including phenoxy) is 3. The molecule has 1 saturated heterocycles. The van der Waals surface area contributed by atoms with Crippen molar-refractivity contribution in [2.45, 2.75) is 83.7 Å². The van der Waals surface area contributed by atoms with E-state index in [0.717, 1.165) is 10.8 Å². The average Bonchev–Trinajstić information content (AvgIpc) is 3.49. The molecule has 2 fully saturated rings. The Balaban J connectivity index is 1.65. The maximum absolute atomic E-state index is 14.2. The van der Waals surface area contributed by atoms with Crippen molar-refractivity contribution in [3.63, 3.8) is 0 Å². The molecule has 5 atom stereocenters. The van der Waals surface area contributed by atoms with Crippen molar-refractivity contribution in [1.29, 1.82) is 0 Å². The van der Waals surface area contributed by atoms with E-state index in [-0.39, 0.29) is 19.4 Å². The summed E-state index contributed by atoms with van der Waals surface area (Å²) < 4.78 is 17.0. The number of fused-ring (bicyclic) bond motifs is 1. The molecule has 44 heavy (non-hydrogen) atoms. The fourth-order valence-electron chi connectivity index (χ4n) is 5.44. The Morgan fingerprint density at radius 3 is 2.43 bits per heavy atom. The van der Waals surface area contributed by atoms with Gasteiger partial charge in [0.15, 0.2) is 0 Å². The zero-order chi connectivity index (χ0) is 32.6. The Labute approximate surface area is 257 Å². The van der Waals surface area contributed by atoms with Crippen LogP contribution in [0.25, 0.3) is 10.8 Å². The summed E-state index contributed by atoms with van der Waals surface area (Å²) in [6.45, 7) is 14.2. The molecule has 1 aliphatic heterocycles. The third-order valence-corrected chi connectivity index (χ3v) is 7.86. The Morgan fingerprint density at radius 1 is 1.16 bits per heavy atom. The van der Waals surface area contributed by atoms with Gasteiger partial charge in [0.25, 0.3) is 0 Å². The number of nitrogens with one attached hydrogen (secondary N) is 2. The number of amides is 3. The molecule has 3 N–H and O–H groups in total. The van der Waals surface area contributed by atoms with Gasteiger partial charge in [-0.25, -0.2) is 14.6 Å². The first-order chi connectivity index (χ1) is 20.5. The summed E-state index contributed by atoms with van der Waals surface area (Å²) in [6, 6.07) is 5.12. The Kier molecular flexibility index (Phi) is 8.86. The van der Waals surface area contributed by atoms with Crippen molar-refractivity contribution in [1.82, 2.24) is 20.5 Å². The second-order valence-electron chi connectivity index (χ2n) is 13.4. The van der Waals surface area contributed by atoms with Crippen LogP contribution >= 0.6 is 0 Å². The van der Waals surface area contributed by atoms with Crippen LogP contribution in [-0.4, -0.2) is 81.8 Å². The zero-order valence-corrected chi connectivity index (χ0v) is 26.3. The van der Waals surface area contributed by atoms with Crippen molar-refractivity contribution < 1.29 is 38.5 Å². The van der Waals surface area contributed by atoms with Crippen LogP contribution in [0.4, 0.5) is 4.79 Å². The lowest BCUT2D eigenvalue weighted by Gasteiger charge is -2.35.